The molecular weight excluding hydrogens is 309 g/mol. The average molecular weight is 323 g/mol. The summed E-state index contributed by atoms with van der Waals surface area (Å²) in [6.45, 7) is 2.03. The lowest BCUT2D eigenvalue weighted by Gasteiger charge is -2.16. The molecule has 0 radical (unpaired) electrons. The van der Waals surface area contributed by atoms with Gasteiger partial charge in [-0.25, -0.2) is 9.69 Å². The number of halogens is 2. The number of hydrogen-bond acceptors (Lipinski definition) is 2. The van der Waals surface area contributed by atoms with E-state index in [-0.39, 0.29) is 19.0 Å². The fourth-order valence-electron chi connectivity index (χ4n) is 1.29. The Morgan fingerprint density at radius 2 is 1.94 bits per heavy atom. The van der Waals surface area contributed by atoms with Gasteiger partial charge in [0.25, 0.3) is 5.91 Å². The molecule has 0 atom stereocenters. The first-order valence-electron chi connectivity index (χ1n) is 4.87. The predicted octanol–water partition coefficient (Wildman–Crippen LogP) is 3.40. The van der Waals surface area contributed by atoms with Crippen LogP contribution in [0, 0.1) is 0 Å². The van der Waals surface area contributed by atoms with Crippen LogP contribution in [0.25, 0.3) is 0 Å². The summed E-state index contributed by atoms with van der Waals surface area (Å²) in [5.41, 5.74) is 0.360. The monoisotopic (exact) mass is 321 g/mol. The zero-order valence-corrected chi connectivity index (χ0v) is 11.6. The number of nitrogens with zero attached hydrogens (tertiary/aromatic N) is 1. The van der Waals surface area contributed by atoms with Crippen LogP contribution in [-0.2, 0) is 0 Å². The van der Waals surface area contributed by atoms with Crippen LogP contribution in [0.1, 0.15) is 23.7 Å². The van der Waals surface area contributed by atoms with Crippen LogP contribution in [-0.4, -0.2) is 28.6 Å². The smallest absolute Gasteiger partial charge is 0.414 e. The Bertz CT molecular complexity index is 411. The van der Waals surface area contributed by atoms with Crippen molar-refractivity contribution < 1.29 is 14.7 Å². The maximum Gasteiger partial charge on any atom is 0.414 e. The molecule has 1 aromatic rings. The van der Waals surface area contributed by atoms with Gasteiger partial charge in [-0.1, -0.05) is 19.1 Å². The van der Waals surface area contributed by atoms with Crippen LogP contribution in [0.4, 0.5) is 4.79 Å². The van der Waals surface area contributed by atoms with Gasteiger partial charge in [-0.15, -0.1) is 12.4 Å². The molecular formula is C11H13BrClNO3. The SMILES string of the molecule is CCCN(C(=O)O)C(=O)c1ccccc1Br.Cl. The van der Waals surface area contributed by atoms with Gasteiger partial charge in [0.05, 0.1) is 5.56 Å². The highest BCUT2D eigenvalue weighted by Crippen LogP contribution is 2.18. The molecule has 0 saturated carbocycles. The summed E-state index contributed by atoms with van der Waals surface area (Å²) in [6, 6.07) is 6.77. The molecule has 0 saturated heterocycles. The Morgan fingerprint density at radius 3 is 2.41 bits per heavy atom. The minimum Gasteiger partial charge on any atom is -0.465 e. The Hall–Kier alpha value is -1.07. The van der Waals surface area contributed by atoms with E-state index >= 15 is 0 Å². The van der Waals surface area contributed by atoms with Crippen LogP contribution in [0.2, 0.25) is 0 Å². The van der Waals surface area contributed by atoms with Crippen molar-refractivity contribution in [2.75, 3.05) is 6.54 Å². The van der Waals surface area contributed by atoms with Gasteiger partial charge >= 0.3 is 6.09 Å². The average Bonchev–Trinajstić information content (AvgIpc) is 2.25. The zero-order valence-electron chi connectivity index (χ0n) is 9.22. The molecule has 0 unspecified atom stereocenters. The number of carbonyl (C=O) groups excluding carboxylic acids is 1. The first-order chi connectivity index (χ1) is 7.57. The zero-order chi connectivity index (χ0) is 12.1. The van der Waals surface area contributed by atoms with Crippen LogP contribution < -0.4 is 0 Å². The maximum absolute atomic E-state index is 11.9. The number of carbonyl (C=O) groups is 2. The number of hydrogen-bond donors (Lipinski definition) is 1. The molecule has 4 nitrogen and oxygen atoms in total. The lowest BCUT2D eigenvalue weighted by molar-refractivity contribution is 0.0741. The van der Waals surface area contributed by atoms with E-state index in [1.54, 1.807) is 24.3 Å². The van der Waals surface area contributed by atoms with Gasteiger partial charge in [-0.3, -0.25) is 4.79 Å². The Morgan fingerprint density at radius 1 is 1.35 bits per heavy atom. The lowest BCUT2D eigenvalue weighted by Crippen LogP contribution is -2.36. The van der Waals surface area contributed by atoms with Crippen LogP contribution in [0.3, 0.4) is 0 Å². The Balaban J connectivity index is 0.00000256. The van der Waals surface area contributed by atoms with Crippen LogP contribution in [0.15, 0.2) is 28.7 Å². The predicted molar refractivity (Wildman–Crippen MR) is 70.7 cm³/mol. The number of carboxylic acid groups (broad SMARTS) is 1. The molecule has 2 amide bonds. The lowest BCUT2D eigenvalue weighted by atomic mass is 10.2. The number of amides is 2. The van der Waals surface area contributed by atoms with E-state index in [4.69, 9.17) is 5.11 Å². The summed E-state index contributed by atoms with van der Waals surface area (Å²) in [5.74, 6) is -0.498. The molecule has 0 spiro atoms. The van der Waals surface area contributed by atoms with Gasteiger partial charge in [0.1, 0.15) is 0 Å². The molecule has 94 valence electrons. The molecule has 6 heteroatoms. The second-order valence-electron chi connectivity index (χ2n) is 3.22. The highest BCUT2D eigenvalue weighted by molar-refractivity contribution is 9.10. The summed E-state index contributed by atoms with van der Waals surface area (Å²) in [5, 5.41) is 8.92. The molecule has 0 bridgehead atoms. The first-order valence-corrected chi connectivity index (χ1v) is 5.66. The highest BCUT2D eigenvalue weighted by Gasteiger charge is 2.22. The topological polar surface area (TPSA) is 57.6 Å². The largest absolute Gasteiger partial charge is 0.465 e. The highest BCUT2D eigenvalue weighted by atomic mass is 79.9. The van der Waals surface area contributed by atoms with Crippen molar-refractivity contribution in [1.82, 2.24) is 4.90 Å². The third kappa shape index (κ3) is 4.02. The first kappa shape index (κ1) is 15.9. The number of imide groups is 1. The summed E-state index contributed by atoms with van der Waals surface area (Å²) < 4.78 is 0.599. The third-order valence-corrected chi connectivity index (χ3v) is 2.72. The molecule has 0 aliphatic rings. The summed E-state index contributed by atoms with van der Waals surface area (Å²) in [6.07, 6.45) is -0.620. The van der Waals surface area contributed by atoms with Crippen molar-refractivity contribution >= 4 is 40.3 Å². The molecule has 0 heterocycles. The van der Waals surface area contributed by atoms with E-state index in [1.165, 1.54) is 0 Å². The van der Waals surface area contributed by atoms with Crippen LogP contribution in [0.5, 0.6) is 0 Å². The van der Waals surface area contributed by atoms with Gasteiger partial charge in [0.2, 0.25) is 0 Å². The second-order valence-corrected chi connectivity index (χ2v) is 4.07. The maximum atomic E-state index is 11.9. The van der Waals surface area contributed by atoms with Crippen molar-refractivity contribution in [3.63, 3.8) is 0 Å². The minimum absolute atomic E-state index is 0. The molecule has 17 heavy (non-hydrogen) atoms. The quantitative estimate of drug-likeness (QED) is 0.928. The van der Waals surface area contributed by atoms with Crippen molar-refractivity contribution in [2.24, 2.45) is 0 Å². The summed E-state index contributed by atoms with van der Waals surface area (Å²) in [7, 11) is 0. The summed E-state index contributed by atoms with van der Waals surface area (Å²) >= 11 is 3.22. The standard InChI is InChI=1S/C11H12BrNO3.ClH/c1-2-7-13(11(15)16)10(14)8-5-3-4-6-9(8)12;/h3-6H,2,7H2,1H3,(H,15,16);1H. The van der Waals surface area contributed by atoms with Crippen LogP contribution >= 0.6 is 28.3 Å². The minimum atomic E-state index is -1.22. The molecule has 0 fully saturated rings. The van der Waals surface area contributed by atoms with E-state index < -0.39 is 12.0 Å². The number of benzene rings is 1. The van der Waals surface area contributed by atoms with E-state index in [9.17, 15) is 9.59 Å². The number of rotatable bonds is 3. The Kier molecular flexibility index (Phi) is 6.83. The fraction of sp³-hybridized carbons (Fsp3) is 0.273. The van der Waals surface area contributed by atoms with Gasteiger partial charge in [-0.05, 0) is 34.5 Å². The van der Waals surface area contributed by atoms with Crippen molar-refractivity contribution in [3.8, 4) is 0 Å². The van der Waals surface area contributed by atoms with E-state index in [2.05, 4.69) is 15.9 Å². The van der Waals surface area contributed by atoms with E-state index in [0.29, 0.717) is 16.5 Å². The van der Waals surface area contributed by atoms with Gasteiger partial charge in [0.15, 0.2) is 0 Å². The van der Waals surface area contributed by atoms with E-state index in [1.807, 2.05) is 6.92 Å². The summed E-state index contributed by atoms with van der Waals surface area (Å²) in [4.78, 5) is 23.6. The van der Waals surface area contributed by atoms with E-state index in [0.717, 1.165) is 4.90 Å². The molecule has 0 aliphatic carbocycles. The molecule has 1 N–H and O–H groups in total. The van der Waals surface area contributed by atoms with Crippen molar-refractivity contribution in [2.45, 2.75) is 13.3 Å². The van der Waals surface area contributed by atoms with Gasteiger partial charge < -0.3 is 5.11 Å². The molecule has 0 aromatic heterocycles. The van der Waals surface area contributed by atoms with Crippen molar-refractivity contribution in [3.05, 3.63) is 34.3 Å². The molecule has 1 aromatic carbocycles. The van der Waals surface area contributed by atoms with Gasteiger partial charge in [-0.2, -0.15) is 0 Å². The van der Waals surface area contributed by atoms with Crippen molar-refractivity contribution in [1.29, 1.82) is 0 Å². The Labute approximate surface area is 114 Å². The second kappa shape index (κ2) is 7.29. The fourth-order valence-corrected chi connectivity index (χ4v) is 1.74. The van der Waals surface area contributed by atoms with Gasteiger partial charge in [0, 0.05) is 11.0 Å². The normalized spacial score (nSPS) is 9.29. The third-order valence-electron chi connectivity index (χ3n) is 2.03. The molecule has 1 rings (SSSR count). The molecule has 0 aliphatic heterocycles.